The van der Waals surface area contributed by atoms with E-state index in [2.05, 4.69) is 182 Å². The van der Waals surface area contributed by atoms with Crippen LogP contribution in [0.25, 0.3) is 10.8 Å². The molecule has 0 saturated heterocycles. The fourth-order valence-corrected chi connectivity index (χ4v) is 8.22. The summed E-state index contributed by atoms with van der Waals surface area (Å²) >= 11 is 0. The molecule has 0 aliphatic carbocycles. The van der Waals surface area contributed by atoms with Crippen molar-refractivity contribution in [1.29, 1.82) is 0 Å². The second-order valence-corrected chi connectivity index (χ2v) is 16.3. The molecule has 0 fully saturated rings. The van der Waals surface area contributed by atoms with Crippen molar-refractivity contribution in [3.63, 3.8) is 0 Å². The third kappa shape index (κ3) is 4.70. The van der Waals surface area contributed by atoms with E-state index in [1.807, 2.05) is 0 Å². The zero-order valence-corrected chi connectivity index (χ0v) is 29.5. The lowest BCUT2D eigenvalue weighted by atomic mass is 9.30. The first-order valence-corrected chi connectivity index (χ1v) is 17.3. The number of ether oxygens (including phenoxy) is 1. The van der Waals surface area contributed by atoms with Gasteiger partial charge in [-0.1, -0.05) is 140 Å². The third-order valence-corrected chi connectivity index (χ3v) is 10.6. The zero-order chi connectivity index (χ0) is 33.6. The van der Waals surface area contributed by atoms with Gasteiger partial charge in [0.25, 0.3) is 6.71 Å². The van der Waals surface area contributed by atoms with Crippen LogP contribution in [0.3, 0.4) is 0 Å². The molecule has 2 aliphatic heterocycles. The third-order valence-electron chi connectivity index (χ3n) is 10.6. The SMILES string of the molecule is CC(C)(C)c1ccc2c(c1)B1c3ccc(N(c4ccccc4)c4cccc5ccccc45)cc3C(C)(C)c3c(C(C)(C)C)ccc(c31)O2. The summed E-state index contributed by atoms with van der Waals surface area (Å²) in [6.07, 6.45) is 0. The fraction of sp³-hybridized carbons (Fsp3) is 0.244. The van der Waals surface area contributed by atoms with Crippen LogP contribution in [0.1, 0.15) is 77.6 Å². The molecule has 6 aromatic rings. The van der Waals surface area contributed by atoms with E-state index in [1.165, 1.54) is 55.1 Å². The van der Waals surface area contributed by atoms with Gasteiger partial charge in [0.1, 0.15) is 11.5 Å². The first-order chi connectivity index (χ1) is 22.8. The fourth-order valence-electron chi connectivity index (χ4n) is 8.22. The van der Waals surface area contributed by atoms with Gasteiger partial charge in [-0.05, 0) is 91.9 Å². The van der Waals surface area contributed by atoms with Gasteiger partial charge in [-0.2, -0.15) is 0 Å². The molecule has 238 valence electrons. The molecule has 0 aromatic heterocycles. The Bertz CT molecular complexity index is 2210. The quantitative estimate of drug-likeness (QED) is 0.181. The van der Waals surface area contributed by atoms with Crippen LogP contribution < -0.4 is 26.0 Å². The van der Waals surface area contributed by atoms with Crippen molar-refractivity contribution < 1.29 is 4.74 Å². The molecule has 0 bridgehead atoms. The predicted octanol–water partition coefficient (Wildman–Crippen LogP) is 10.2. The summed E-state index contributed by atoms with van der Waals surface area (Å²) in [5, 5.41) is 2.47. The Morgan fingerprint density at radius 1 is 0.604 bits per heavy atom. The minimum atomic E-state index is -0.264. The van der Waals surface area contributed by atoms with Crippen LogP contribution in [0.5, 0.6) is 11.5 Å². The van der Waals surface area contributed by atoms with Crippen LogP contribution in [-0.2, 0) is 16.2 Å². The highest BCUT2D eigenvalue weighted by Crippen LogP contribution is 2.46. The van der Waals surface area contributed by atoms with Gasteiger partial charge in [0.15, 0.2) is 0 Å². The molecule has 0 spiro atoms. The van der Waals surface area contributed by atoms with E-state index >= 15 is 0 Å². The van der Waals surface area contributed by atoms with E-state index < -0.39 is 0 Å². The van der Waals surface area contributed by atoms with E-state index in [4.69, 9.17) is 4.74 Å². The van der Waals surface area contributed by atoms with Crippen LogP contribution >= 0.6 is 0 Å². The average Bonchev–Trinajstić information content (AvgIpc) is 3.06. The van der Waals surface area contributed by atoms with Gasteiger partial charge in [-0.15, -0.1) is 0 Å². The van der Waals surface area contributed by atoms with Gasteiger partial charge in [0.05, 0.1) is 5.69 Å². The molecule has 0 N–H and O–H groups in total. The van der Waals surface area contributed by atoms with E-state index in [-0.39, 0.29) is 23.0 Å². The van der Waals surface area contributed by atoms with E-state index in [1.54, 1.807) is 0 Å². The Labute approximate surface area is 286 Å². The number of rotatable bonds is 3. The maximum Gasteiger partial charge on any atom is 0.251 e. The molecule has 0 saturated carbocycles. The van der Waals surface area contributed by atoms with Crippen molar-refractivity contribution in [3.05, 3.63) is 144 Å². The summed E-state index contributed by atoms with van der Waals surface area (Å²) in [7, 11) is 0. The smallest absolute Gasteiger partial charge is 0.251 e. The molecule has 2 aliphatic rings. The topological polar surface area (TPSA) is 12.5 Å². The van der Waals surface area contributed by atoms with E-state index in [0.717, 1.165) is 22.9 Å². The molecule has 0 radical (unpaired) electrons. The molecular formula is C45H44BNO. The average molecular weight is 626 g/mol. The highest BCUT2D eigenvalue weighted by Gasteiger charge is 2.47. The number of para-hydroxylation sites is 1. The Morgan fingerprint density at radius 3 is 2.06 bits per heavy atom. The van der Waals surface area contributed by atoms with Gasteiger partial charge in [-0.25, -0.2) is 0 Å². The molecule has 3 heteroatoms. The number of hydrogen-bond donors (Lipinski definition) is 0. The lowest BCUT2D eigenvalue weighted by Gasteiger charge is -2.45. The van der Waals surface area contributed by atoms with Gasteiger partial charge in [0.2, 0.25) is 0 Å². The highest BCUT2D eigenvalue weighted by atomic mass is 16.5. The van der Waals surface area contributed by atoms with E-state index in [9.17, 15) is 0 Å². The summed E-state index contributed by atoms with van der Waals surface area (Å²) < 4.78 is 6.78. The van der Waals surface area contributed by atoms with Crippen molar-refractivity contribution in [2.24, 2.45) is 0 Å². The second-order valence-electron chi connectivity index (χ2n) is 16.3. The van der Waals surface area contributed by atoms with Gasteiger partial charge < -0.3 is 9.64 Å². The van der Waals surface area contributed by atoms with E-state index in [0.29, 0.717) is 0 Å². The van der Waals surface area contributed by atoms with Crippen LogP contribution in [0.15, 0.2) is 121 Å². The number of hydrogen-bond acceptors (Lipinski definition) is 2. The monoisotopic (exact) mass is 625 g/mol. The Kier molecular flexibility index (Phi) is 6.77. The van der Waals surface area contributed by atoms with Gasteiger partial charge in [-0.3, -0.25) is 0 Å². The number of anilines is 3. The second kappa shape index (κ2) is 10.6. The highest BCUT2D eigenvalue weighted by molar-refractivity contribution is 6.98. The molecule has 6 aromatic carbocycles. The molecular weight excluding hydrogens is 581 g/mol. The van der Waals surface area contributed by atoms with Crippen molar-refractivity contribution >= 4 is 50.9 Å². The molecule has 0 amide bonds. The summed E-state index contributed by atoms with van der Waals surface area (Å²) in [6, 6.07) is 44.8. The standard InChI is InChI=1S/C45H44BNO/c1-43(2,3)30-21-25-39-37(27-30)46-36-24-22-32(28-35(36)45(7,8)41-34(44(4,5)6)23-26-40(48-39)42(41)46)47(31-17-10-9-11-18-31)38-20-14-16-29-15-12-13-19-33(29)38/h9-28H,1-8H3. The van der Waals surface area contributed by atoms with Crippen molar-refractivity contribution in [1.82, 2.24) is 0 Å². The van der Waals surface area contributed by atoms with Crippen molar-refractivity contribution in [2.45, 2.75) is 71.6 Å². The molecule has 2 heterocycles. The van der Waals surface area contributed by atoms with Crippen LogP contribution in [0.2, 0.25) is 0 Å². The Balaban J connectivity index is 1.42. The summed E-state index contributed by atoms with van der Waals surface area (Å²) in [4.78, 5) is 2.44. The maximum atomic E-state index is 6.78. The normalized spacial score (nSPS) is 14.5. The lowest BCUT2D eigenvalue weighted by Crippen LogP contribution is -2.63. The van der Waals surface area contributed by atoms with Crippen molar-refractivity contribution in [2.75, 3.05) is 4.90 Å². The number of fused-ring (bicyclic) bond motifs is 5. The molecule has 48 heavy (non-hydrogen) atoms. The Morgan fingerprint density at radius 2 is 1.31 bits per heavy atom. The van der Waals surface area contributed by atoms with Crippen LogP contribution in [-0.4, -0.2) is 6.71 Å². The van der Waals surface area contributed by atoms with Crippen LogP contribution in [0, 0.1) is 0 Å². The van der Waals surface area contributed by atoms with Crippen LogP contribution in [0.4, 0.5) is 17.1 Å². The molecule has 0 atom stereocenters. The zero-order valence-electron chi connectivity index (χ0n) is 29.5. The first kappa shape index (κ1) is 30.6. The number of benzene rings is 6. The summed E-state index contributed by atoms with van der Waals surface area (Å²) in [5.41, 5.74) is 12.7. The Hall–Kier alpha value is -4.76. The predicted molar refractivity (Wildman–Crippen MR) is 206 cm³/mol. The molecule has 2 nitrogen and oxygen atoms in total. The summed E-state index contributed by atoms with van der Waals surface area (Å²) in [5.74, 6) is 1.95. The molecule has 8 rings (SSSR count). The maximum absolute atomic E-state index is 6.78. The van der Waals surface area contributed by atoms with Gasteiger partial charge in [0, 0.05) is 22.2 Å². The minimum Gasteiger partial charge on any atom is -0.458 e. The molecule has 0 unspecified atom stereocenters. The summed E-state index contributed by atoms with van der Waals surface area (Å²) in [6.45, 7) is 18.8. The minimum absolute atomic E-state index is 0.0284. The largest absolute Gasteiger partial charge is 0.458 e. The van der Waals surface area contributed by atoms with Crippen molar-refractivity contribution in [3.8, 4) is 11.5 Å². The van der Waals surface area contributed by atoms with Gasteiger partial charge >= 0.3 is 0 Å². The lowest BCUT2D eigenvalue weighted by molar-refractivity contribution is 0.479. The first-order valence-electron chi connectivity index (χ1n) is 17.3. The number of nitrogens with zero attached hydrogens (tertiary/aromatic N) is 1.